The Bertz CT molecular complexity index is 1270. The van der Waals surface area contributed by atoms with Gasteiger partial charge in [-0.15, -0.1) is 0 Å². The van der Waals surface area contributed by atoms with E-state index in [4.69, 9.17) is 0 Å². The Labute approximate surface area is 307 Å². The topological polar surface area (TPSA) is 3.24 Å². The van der Waals surface area contributed by atoms with Gasteiger partial charge in [0, 0.05) is 0 Å². The quantitative estimate of drug-likeness (QED) is 0.0908. The van der Waals surface area contributed by atoms with E-state index in [9.17, 15) is 0 Å². The van der Waals surface area contributed by atoms with Gasteiger partial charge in [0.25, 0.3) is 0 Å². The molecule has 45 heavy (non-hydrogen) atoms. The van der Waals surface area contributed by atoms with E-state index in [1.54, 1.807) is 11.1 Å². The number of benzene rings is 3. The van der Waals surface area contributed by atoms with Crippen molar-refractivity contribution in [3.05, 3.63) is 84.5 Å². The molecule has 3 aromatic carbocycles. The van der Waals surface area contributed by atoms with Gasteiger partial charge in [0.05, 0.1) is 0 Å². The second-order valence-corrected chi connectivity index (χ2v) is 32.5. The van der Waals surface area contributed by atoms with Crippen LogP contribution in [0.1, 0.15) is 79.0 Å². The van der Waals surface area contributed by atoms with E-state index in [-0.39, 0.29) is 0 Å². The molecule has 0 spiro atoms. The summed E-state index contributed by atoms with van der Waals surface area (Å²) in [6, 6.07) is 24.3. The molecular formula is C39H64I2NP3. The number of rotatable bonds is 18. The SMILES string of the molecule is CC[PH](CC)(CC)Cc1cccc(N(c2ccc(I)c(C[PH](CC)(CC)CC)c2)c2ccc(I)c(C[PH](CC)(CC)CC)c2)c1. The standard InChI is InChI=1S/C39H64I2NP3/c1-10-43(11-2,12-3)29-32-20-19-21-35(26-32)42(36-22-24-38(40)33(27-36)30-44(13-4,14-5)15-6)37-23-25-39(41)34(28-37)31-45(16-7,17-8)18-9/h19-28,43-45H,10-18,29-31H2,1-9H3. The first-order chi connectivity index (χ1) is 21.6. The Balaban J connectivity index is 2.23. The van der Waals surface area contributed by atoms with E-state index in [0.29, 0.717) is 0 Å². The normalized spacial score (nSPS) is 13.6. The van der Waals surface area contributed by atoms with Gasteiger partial charge < -0.3 is 0 Å². The van der Waals surface area contributed by atoms with Gasteiger partial charge in [0.1, 0.15) is 0 Å². The van der Waals surface area contributed by atoms with Crippen LogP contribution in [0, 0.1) is 7.14 Å². The Morgan fingerprint density at radius 3 is 1.18 bits per heavy atom. The van der Waals surface area contributed by atoms with Crippen molar-refractivity contribution in [1.82, 2.24) is 0 Å². The van der Waals surface area contributed by atoms with Crippen LogP contribution in [0.25, 0.3) is 0 Å². The van der Waals surface area contributed by atoms with Gasteiger partial charge in [-0.3, -0.25) is 0 Å². The molecule has 0 aromatic heterocycles. The van der Waals surface area contributed by atoms with Crippen LogP contribution >= 0.6 is 67.0 Å². The average Bonchev–Trinajstić information content (AvgIpc) is 3.08. The molecule has 0 aliphatic carbocycles. The van der Waals surface area contributed by atoms with Crippen molar-refractivity contribution in [1.29, 1.82) is 0 Å². The third kappa shape index (κ3) is 9.68. The summed E-state index contributed by atoms with van der Waals surface area (Å²) in [5.74, 6) is 0. The predicted octanol–water partition coefficient (Wildman–Crippen LogP) is 13.3. The maximum absolute atomic E-state index is 2.60. The van der Waals surface area contributed by atoms with E-state index in [2.05, 4.69) is 173 Å². The van der Waals surface area contributed by atoms with Gasteiger partial charge in [-0.1, -0.05) is 0 Å². The van der Waals surface area contributed by atoms with E-state index in [1.165, 1.54) is 104 Å². The summed E-state index contributed by atoms with van der Waals surface area (Å²) >= 11 is 5.20. The molecule has 0 amide bonds. The fraction of sp³-hybridized carbons (Fsp3) is 0.538. The fourth-order valence-corrected chi connectivity index (χ4v) is 19.3. The van der Waals surface area contributed by atoms with Gasteiger partial charge in [0.2, 0.25) is 0 Å². The van der Waals surface area contributed by atoms with E-state index < -0.39 is 21.8 Å². The first-order valence-corrected chi connectivity index (χ1v) is 28.7. The molecule has 1 nitrogen and oxygen atoms in total. The van der Waals surface area contributed by atoms with Crippen molar-refractivity contribution in [3.63, 3.8) is 0 Å². The van der Waals surface area contributed by atoms with Crippen molar-refractivity contribution in [2.24, 2.45) is 0 Å². The Kier molecular flexibility index (Phi) is 16.1. The Morgan fingerprint density at radius 1 is 0.444 bits per heavy atom. The molecule has 0 aliphatic rings. The first kappa shape index (κ1) is 39.6. The summed E-state index contributed by atoms with van der Waals surface area (Å²) in [6.07, 6.45) is 16.1. The van der Waals surface area contributed by atoms with Crippen molar-refractivity contribution in [3.8, 4) is 0 Å². The zero-order valence-corrected chi connectivity index (χ0v) is 37.3. The van der Waals surface area contributed by atoms with Crippen LogP contribution < -0.4 is 4.90 Å². The third-order valence-corrected chi connectivity index (χ3v) is 31.2. The Morgan fingerprint density at radius 2 is 0.800 bits per heavy atom. The van der Waals surface area contributed by atoms with Crippen molar-refractivity contribution < 1.29 is 0 Å². The summed E-state index contributed by atoms with van der Waals surface area (Å²) in [5, 5.41) is 0. The summed E-state index contributed by atoms with van der Waals surface area (Å²) in [6.45, 7) is 22.0. The summed E-state index contributed by atoms with van der Waals surface area (Å²) in [5.41, 5.74) is 8.58. The van der Waals surface area contributed by atoms with Crippen LogP contribution in [0.4, 0.5) is 17.1 Å². The first-order valence-electron chi connectivity index (χ1n) is 18.0. The third-order valence-electron chi connectivity index (χ3n) is 12.2. The van der Waals surface area contributed by atoms with Crippen molar-refractivity contribution in [2.45, 2.75) is 80.8 Å². The molecule has 0 atom stereocenters. The van der Waals surface area contributed by atoms with Gasteiger partial charge >= 0.3 is 310 Å². The van der Waals surface area contributed by atoms with Crippen LogP contribution in [0.15, 0.2) is 60.7 Å². The minimum atomic E-state index is -1.33. The Hall–Kier alpha value is 0.210. The van der Waals surface area contributed by atoms with Crippen LogP contribution in [-0.2, 0) is 18.5 Å². The van der Waals surface area contributed by atoms with Crippen LogP contribution in [0.3, 0.4) is 0 Å². The van der Waals surface area contributed by atoms with Gasteiger partial charge in [0.15, 0.2) is 0 Å². The number of halogens is 2. The van der Waals surface area contributed by atoms with Crippen molar-refractivity contribution >= 4 is 84.0 Å². The van der Waals surface area contributed by atoms with E-state index in [0.717, 1.165) is 0 Å². The molecule has 3 aromatic rings. The molecule has 0 aliphatic heterocycles. The molecule has 0 radical (unpaired) electrons. The molecule has 0 N–H and O–H groups in total. The fourth-order valence-electron chi connectivity index (χ4n) is 7.54. The van der Waals surface area contributed by atoms with Gasteiger partial charge in [-0.25, -0.2) is 0 Å². The molecule has 0 fully saturated rings. The van der Waals surface area contributed by atoms with Gasteiger partial charge in [-0.05, 0) is 0 Å². The number of hydrogen-bond donors (Lipinski definition) is 0. The minimum absolute atomic E-state index is 1.28. The van der Waals surface area contributed by atoms with Crippen LogP contribution in [-0.4, -0.2) is 55.5 Å². The maximum atomic E-state index is 2.60. The molecule has 6 heteroatoms. The molecule has 0 unspecified atom stereocenters. The number of nitrogens with zero attached hydrogens (tertiary/aromatic N) is 1. The molecule has 3 rings (SSSR count). The molecule has 254 valence electrons. The van der Waals surface area contributed by atoms with Crippen molar-refractivity contribution in [2.75, 3.05) is 60.4 Å². The molecule has 0 saturated carbocycles. The zero-order chi connectivity index (χ0) is 33.3. The van der Waals surface area contributed by atoms with Crippen LogP contribution in [0.2, 0.25) is 0 Å². The number of hydrogen-bond acceptors (Lipinski definition) is 1. The summed E-state index contributed by atoms with van der Waals surface area (Å²) < 4.78 is 2.85. The predicted molar refractivity (Wildman–Crippen MR) is 237 cm³/mol. The second-order valence-electron chi connectivity index (χ2n) is 13.8. The van der Waals surface area contributed by atoms with E-state index in [1.807, 2.05) is 0 Å². The zero-order valence-electron chi connectivity index (χ0n) is 30.0. The molecule has 0 bridgehead atoms. The van der Waals surface area contributed by atoms with Crippen LogP contribution in [0.5, 0.6) is 0 Å². The molecular weight excluding hydrogens is 829 g/mol. The summed E-state index contributed by atoms with van der Waals surface area (Å²) in [7, 11) is -3.95. The monoisotopic (exact) mass is 893 g/mol. The second kappa shape index (κ2) is 18.3. The molecule has 0 saturated heterocycles. The van der Waals surface area contributed by atoms with E-state index >= 15 is 0 Å². The number of anilines is 3. The summed E-state index contributed by atoms with van der Waals surface area (Å²) in [4.78, 5) is 2.59. The average molecular weight is 894 g/mol. The molecule has 0 heterocycles. The van der Waals surface area contributed by atoms with Gasteiger partial charge in [-0.2, -0.15) is 0 Å².